The third kappa shape index (κ3) is 3.73. The molecule has 0 radical (unpaired) electrons. The quantitative estimate of drug-likeness (QED) is 0.778. The van der Waals surface area contributed by atoms with Crippen molar-refractivity contribution in [3.05, 3.63) is 69.2 Å². The van der Waals surface area contributed by atoms with Gasteiger partial charge in [-0.3, -0.25) is 0 Å². The first-order valence-corrected chi connectivity index (χ1v) is 7.42. The predicted octanol–water partition coefficient (Wildman–Crippen LogP) is 5.36. The molecule has 0 aromatic heterocycles. The van der Waals surface area contributed by atoms with Gasteiger partial charge in [-0.1, -0.05) is 42.3 Å². The number of nitrogens with one attached hydrogen (secondary N) is 1. The van der Waals surface area contributed by atoms with Crippen LogP contribution in [-0.4, -0.2) is 6.54 Å². The molecule has 21 heavy (non-hydrogen) atoms. The molecule has 112 valence electrons. The first-order valence-electron chi connectivity index (χ1n) is 6.66. The van der Waals surface area contributed by atoms with Gasteiger partial charge in [0.05, 0.1) is 11.1 Å². The van der Waals surface area contributed by atoms with Gasteiger partial charge in [-0.05, 0) is 48.4 Å². The zero-order valence-electron chi connectivity index (χ0n) is 11.5. The minimum absolute atomic E-state index is 0.0198. The molecule has 5 heteroatoms. The lowest BCUT2D eigenvalue weighted by Crippen LogP contribution is -2.24. The van der Waals surface area contributed by atoms with Gasteiger partial charge in [-0.15, -0.1) is 0 Å². The Morgan fingerprint density at radius 2 is 1.86 bits per heavy atom. The van der Waals surface area contributed by atoms with Crippen molar-refractivity contribution in [1.29, 1.82) is 0 Å². The lowest BCUT2D eigenvalue weighted by Gasteiger charge is -2.22. The molecule has 0 aliphatic carbocycles. The summed E-state index contributed by atoms with van der Waals surface area (Å²) in [5.41, 5.74) is 1.08. The van der Waals surface area contributed by atoms with E-state index in [1.807, 2.05) is 6.92 Å². The van der Waals surface area contributed by atoms with Crippen LogP contribution in [0.4, 0.5) is 8.78 Å². The molecule has 0 spiro atoms. The number of benzene rings is 2. The fourth-order valence-electron chi connectivity index (χ4n) is 2.16. The molecule has 0 aliphatic heterocycles. The summed E-state index contributed by atoms with van der Waals surface area (Å²) >= 11 is 12.2. The lowest BCUT2D eigenvalue weighted by atomic mass is 9.98. The van der Waals surface area contributed by atoms with E-state index in [0.717, 1.165) is 6.42 Å². The Morgan fingerprint density at radius 3 is 2.57 bits per heavy atom. The van der Waals surface area contributed by atoms with Gasteiger partial charge < -0.3 is 5.32 Å². The second-order valence-electron chi connectivity index (χ2n) is 4.70. The molecule has 0 fully saturated rings. The highest BCUT2D eigenvalue weighted by Crippen LogP contribution is 2.33. The van der Waals surface area contributed by atoms with Gasteiger partial charge in [0.1, 0.15) is 11.6 Å². The third-order valence-electron chi connectivity index (χ3n) is 3.16. The van der Waals surface area contributed by atoms with E-state index in [0.29, 0.717) is 22.7 Å². The van der Waals surface area contributed by atoms with Crippen LogP contribution in [0.1, 0.15) is 30.5 Å². The summed E-state index contributed by atoms with van der Waals surface area (Å²) in [7, 11) is 0. The molecular weight excluding hydrogens is 315 g/mol. The van der Waals surface area contributed by atoms with E-state index in [9.17, 15) is 8.78 Å². The molecule has 0 saturated heterocycles. The normalized spacial score (nSPS) is 12.4. The molecular formula is C16H15Cl2F2N. The summed E-state index contributed by atoms with van der Waals surface area (Å²) in [6, 6.07) is 8.23. The molecule has 1 unspecified atom stereocenters. The molecule has 1 N–H and O–H groups in total. The fraction of sp³-hybridized carbons (Fsp3) is 0.250. The largest absolute Gasteiger partial charge is 0.306 e. The van der Waals surface area contributed by atoms with Gasteiger partial charge in [0.15, 0.2) is 0 Å². The molecule has 2 aromatic rings. The van der Waals surface area contributed by atoms with Crippen LogP contribution in [0.25, 0.3) is 0 Å². The van der Waals surface area contributed by atoms with Gasteiger partial charge in [0.25, 0.3) is 0 Å². The molecule has 0 amide bonds. The topological polar surface area (TPSA) is 12.0 Å². The van der Waals surface area contributed by atoms with Crippen LogP contribution < -0.4 is 5.32 Å². The van der Waals surface area contributed by atoms with E-state index >= 15 is 0 Å². The highest BCUT2D eigenvalue weighted by atomic mass is 35.5. The van der Waals surface area contributed by atoms with Gasteiger partial charge in [0.2, 0.25) is 0 Å². The summed E-state index contributed by atoms with van der Waals surface area (Å²) < 4.78 is 27.2. The SMILES string of the molecule is CCCNC(c1cc(F)ccc1Cl)c1cccc(F)c1Cl. The van der Waals surface area contributed by atoms with E-state index in [1.54, 1.807) is 12.1 Å². The van der Waals surface area contributed by atoms with Crippen molar-refractivity contribution in [2.75, 3.05) is 6.54 Å². The monoisotopic (exact) mass is 329 g/mol. The van der Waals surface area contributed by atoms with Crippen LogP contribution >= 0.6 is 23.2 Å². The van der Waals surface area contributed by atoms with Crippen molar-refractivity contribution in [3.8, 4) is 0 Å². The molecule has 0 heterocycles. The Morgan fingerprint density at radius 1 is 1.10 bits per heavy atom. The molecule has 1 atom stereocenters. The Balaban J connectivity index is 2.52. The van der Waals surface area contributed by atoms with Crippen LogP contribution in [0.2, 0.25) is 10.0 Å². The lowest BCUT2D eigenvalue weighted by molar-refractivity contribution is 0.577. The average molecular weight is 330 g/mol. The van der Waals surface area contributed by atoms with Crippen molar-refractivity contribution in [2.24, 2.45) is 0 Å². The molecule has 0 saturated carbocycles. The van der Waals surface area contributed by atoms with Crippen LogP contribution in [0.3, 0.4) is 0 Å². The standard InChI is InChI=1S/C16H15Cl2F2N/c1-2-8-21-16(11-4-3-5-14(20)15(11)18)12-9-10(19)6-7-13(12)17/h3-7,9,16,21H,2,8H2,1H3. The van der Waals surface area contributed by atoms with Crippen molar-refractivity contribution in [1.82, 2.24) is 5.32 Å². The maximum atomic E-state index is 13.7. The van der Waals surface area contributed by atoms with Crippen molar-refractivity contribution < 1.29 is 8.78 Å². The molecule has 0 aliphatic rings. The van der Waals surface area contributed by atoms with Gasteiger partial charge in [-0.2, -0.15) is 0 Å². The second kappa shape index (κ2) is 7.21. The van der Waals surface area contributed by atoms with Crippen molar-refractivity contribution in [3.63, 3.8) is 0 Å². The number of halogens is 4. The first kappa shape index (κ1) is 16.2. The van der Waals surface area contributed by atoms with Crippen LogP contribution in [-0.2, 0) is 0 Å². The Hall–Kier alpha value is -1.16. The summed E-state index contributed by atoms with van der Waals surface area (Å²) in [5, 5.41) is 3.66. The second-order valence-corrected chi connectivity index (χ2v) is 5.48. The third-order valence-corrected chi connectivity index (χ3v) is 3.90. The maximum absolute atomic E-state index is 13.7. The van der Waals surface area contributed by atoms with E-state index < -0.39 is 17.7 Å². The van der Waals surface area contributed by atoms with E-state index in [2.05, 4.69) is 5.32 Å². The zero-order valence-corrected chi connectivity index (χ0v) is 13.0. The number of rotatable bonds is 5. The predicted molar refractivity (Wildman–Crippen MR) is 83.0 cm³/mol. The first-order chi connectivity index (χ1) is 10.0. The molecule has 1 nitrogen and oxygen atoms in total. The van der Waals surface area contributed by atoms with Crippen LogP contribution in [0.5, 0.6) is 0 Å². The van der Waals surface area contributed by atoms with Gasteiger partial charge >= 0.3 is 0 Å². The molecule has 2 rings (SSSR count). The highest BCUT2D eigenvalue weighted by molar-refractivity contribution is 6.32. The summed E-state index contributed by atoms with van der Waals surface area (Å²) in [5.74, 6) is -0.907. The Kier molecular flexibility index (Phi) is 5.57. The highest BCUT2D eigenvalue weighted by Gasteiger charge is 2.21. The maximum Gasteiger partial charge on any atom is 0.142 e. The minimum atomic E-state index is -0.509. The summed E-state index contributed by atoms with van der Waals surface area (Å²) in [6.45, 7) is 2.68. The van der Waals surface area contributed by atoms with Crippen molar-refractivity contribution in [2.45, 2.75) is 19.4 Å². The molecule has 2 aromatic carbocycles. The molecule has 0 bridgehead atoms. The fourth-order valence-corrected chi connectivity index (χ4v) is 2.62. The van der Waals surface area contributed by atoms with Crippen molar-refractivity contribution >= 4 is 23.2 Å². The number of hydrogen-bond acceptors (Lipinski definition) is 1. The zero-order chi connectivity index (χ0) is 15.4. The summed E-state index contributed by atoms with van der Waals surface area (Å²) in [6.07, 6.45) is 0.871. The van der Waals surface area contributed by atoms with E-state index in [1.165, 1.54) is 24.3 Å². The minimum Gasteiger partial charge on any atom is -0.306 e. The van der Waals surface area contributed by atoms with E-state index in [-0.39, 0.29) is 5.02 Å². The van der Waals surface area contributed by atoms with Crippen LogP contribution in [0.15, 0.2) is 36.4 Å². The Bertz CT molecular complexity index is 630. The van der Waals surface area contributed by atoms with Gasteiger partial charge in [-0.25, -0.2) is 8.78 Å². The Labute approximate surface area is 132 Å². The number of hydrogen-bond donors (Lipinski definition) is 1. The average Bonchev–Trinajstić information content (AvgIpc) is 2.47. The summed E-state index contributed by atoms with van der Waals surface area (Å²) in [4.78, 5) is 0. The van der Waals surface area contributed by atoms with Gasteiger partial charge in [0, 0.05) is 5.02 Å². The smallest absolute Gasteiger partial charge is 0.142 e. The van der Waals surface area contributed by atoms with E-state index in [4.69, 9.17) is 23.2 Å². The van der Waals surface area contributed by atoms with Crippen LogP contribution in [0, 0.1) is 11.6 Å².